The number of carbonyl (C=O) groups is 2. The SMILES string of the molecule is CCCCCCCCCC(C(=O)O)(C(=O)O)C(C)C.[BaH2]. The fraction of sp³-hybridized carbons (Fsp3) is 0.867. The van der Waals surface area contributed by atoms with Gasteiger partial charge in [-0.3, -0.25) is 9.59 Å². The maximum atomic E-state index is 11.3. The first-order valence-electron chi connectivity index (χ1n) is 7.36. The molecule has 116 valence electrons. The molecule has 0 aromatic rings. The number of hydrogen-bond acceptors (Lipinski definition) is 2. The standard InChI is InChI=1S/C15H28O4.Ba.2H/c1-4-5-6-7-8-9-10-11-15(12(2)3,13(16)17)14(18)19;;;/h12H,4-11H2,1-3H3,(H,16,17)(H,18,19);;;. The molecule has 0 unspecified atom stereocenters. The van der Waals surface area contributed by atoms with E-state index < -0.39 is 23.3 Å². The normalized spacial score (nSPS) is 11.2. The van der Waals surface area contributed by atoms with E-state index in [4.69, 9.17) is 0 Å². The van der Waals surface area contributed by atoms with E-state index >= 15 is 0 Å². The summed E-state index contributed by atoms with van der Waals surface area (Å²) in [6.45, 7) is 5.50. The Labute approximate surface area is 162 Å². The van der Waals surface area contributed by atoms with E-state index in [0.29, 0.717) is 6.42 Å². The number of carboxylic acids is 2. The summed E-state index contributed by atoms with van der Waals surface area (Å²) in [5, 5.41) is 18.5. The van der Waals surface area contributed by atoms with E-state index in [-0.39, 0.29) is 55.3 Å². The molecule has 0 aromatic heterocycles. The van der Waals surface area contributed by atoms with Crippen LogP contribution in [-0.2, 0) is 9.59 Å². The topological polar surface area (TPSA) is 74.6 Å². The average Bonchev–Trinajstić information content (AvgIpc) is 2.31. The second-order valence-corrected chi connectivity index (χ2v) is 5.61. The summed E-state index contributed by atoms with van der Waals surface area (Å²) >= 11 is 0. The first-order valence-corrected chi connectivity index (χ1v) is 7.36. The van der Waals surface area contributed by atoms with Crippen LogP contribution in [0.5, 0.6) is 0 Å². The van der Waals surface area contributed by atoms with E-state index in [0.717, 1.165) is 19.3 Å². The Morgan fingerprint density at radius 3 is 1.65 bits per heavy atom. The van der Waals surface area contributed by atoms with Gasteiger partial charge in [-0.25, -0.2) is 0 Å². The van der Waals surface area contributed by atoms with Crippen LogP contribution in [0, 0.1) is 11.3 Å². The molecule has 0 saturated carbocycles. The van der Waals surface area contributed by atoms with Crippen molar-refractivity contribution < 1.29 is 19.8 Å². The second-order valence-electron chi connectivity index (χ2n) is 5.61. The molecule has 0 aliphatic heterocycles. The first kappa shape index (κ1) is 22.8. The van der Waals surface area contributed by atoms with E-state index in [2.05, 4.69) is 6.92 Å². The Kier molecular flexibility index (Phi) is 13.8. The molecule has 0 aromatic carbocycles. The van der Waals surface area contributed by atoms with Crippen LogP contribution < -0.4 is 0 Å². The molecule has 0 aliphatic carbocycles. The van der Waals surface area contributed by atoms with Crippen LogP contribution >= 0.6 is 0 Å². The maximum absolute atomic E-state index is 11.3. The molecule has 0 bridgehead atoms. The molecule has 0 spiro atoms. The molecule has 0 heterocycles. The van der Waals surface area contributed by atoms with Gasteiger partial charge in [-0.2, -0.15) is 0 Å². The van der Waals surface area contributed by atoms with Crippen LogP contribution in [-0.4, -0.2) is 71.0 Å². The molecule has 0 aliphatic rings. The molecule has 0 amide bonds. The molecule has 0 atom stereocenters. The molecular formula is C15H30BaO4. The Balaban J connectivity index is 0. The zero-order chi connectivity index (χ0) is 14.9. The summed E-state index contributed by atoms with van der Waals surface area (Å²) in [4.78, 5) is 22.7. The summed E-state index contributed by atoms with van der Waals surface area (Å²) in [6.07, 6.45) is 7.68. The van der Waals surface area contributed by atoms with Crippen molar-refractivity contribution in [1.82, 2.24) is 0 Å². The second kappa shape index (κ2) is 12.1. The van der Waals surface area contributed by atoms with Crippen molar-refractivity contribution in [2.24, 2.45) is 11.3 Å². The first-order chi connectivity index (χ1) is 8.89. The van der Waals surface area contributed by atoms with Gasteiger partial charge in [-0.05, 0) is 12.3 Å². The van der Waals surface area contributed by atoms with E-state index in [1.807, 2.05) is 0 Å². The number of hydrogen-bond donors (Lipinski definition) is 2. The van der Waals surface area contributed by atoms with Crippen molar-refractivity contribution in [2.45, 2.75) is 72.1 Å². The van der Waals surface area contributed by atoms with Crippen molar-refractivity contribution >= 4 is 60.8 Å². The predicted molar refractivity (Wildman–Crippen MR) is 83.7 cm³/mol. The Hall–Kier alpha value is 0.511. The van der Waals surface area contributed by atoms with Gasteiger partial charge in [0.1, 0.15) is 0 Å². The molecule has 0 fully saturated rings. The molecule has 20 heavy (non-hydrogen) atoms. The molecule has 0 rings (SSSR count). The van der Waals surface area contributed by atoms with Crippen LogP contribution in [0.4, 0.5) is 0 Å². The number of rotatable bonds is 11. The van der Waals surface area contributed by atoms with Crippen molar-refractivity contribution in [3.63, 3.8) is 0 Å². The Morgan fingerprint density at radius 1 is 0.900 bits per heavy atom. The monoisotopic (exact) mass is 412 g/mol. The third kappa shape index (κ3) is 6.98. The van der Waals surface area contributed by atoms with Gasteiger partial charge in [0.2, 0.25) is 0 Å². The van der Waals surface area contributed by atoms with Crippen LogP contribution in [0.25, 0.3) is 0 Å². The van der Waals surface area contributed by atoms with E-state index in [9.17, 15) is 19.8 Å². The summed E-state index contributed by atoms with van der Waals surface area (Å²) < 4.78 is 0. The van der Waals surface area contributed by atoms with Crippen molar-refractivity contribution in [3.05, 3.63) is 0 Å². The minimum atomic E-state index is -1.62. The van der Waals surface area contributed by atoms with Gasteiger partial charge in [0.05, 0.1) is 0 Å². The molecule has 0 radical (unpaired) electrons. The van der Waals surface area contributed by atoms with Crippen LogP contribution in [0.3, 0.4) is 0 Å². The quantitative estimate of drug-likeness (QED) is 0.311. The summed E-state index contributed by atoms with van der Waals surface area (Å²) in [5.74, 6) is -2.82. The van der Waals surface area contributed by atoms with Gasteiger partial charge in [-0.1, -0.05) is 65.7 Å². The third-order valence-corrected chi connectivity index (χ3v) is 3.92. The minimum absolute atomic E-state index is 0. The average molecular weight is 412 g/mol. The molecule has 5 heteroatoms. The molecule has 2 N–H and O–H groups in total. The van der Waals surface area contributed by atoms with Gasteiger partial charge < -0.3 is 10.2 Å². The predicted octanol–water partition coefficient (Wildman–Crippen LogP) is 3.02. The number of aliphatic carboxylic acids is 2. The number of unbranched alkanes of at least 4 members (excludes halogenated alkanes) is 6. The van der Waals surface area contributed by atoms with Crippen LogP contribution in [0.1, 0.15) is 72.1 Å². The zero-order valence-electron chi connectivity index (χ0n) is 12.4. The Morgan fingerprint density at radius 2 is 1.30 bits per heavy atom. The fourth-order valence-electron chi connectivity index (χ4n) is 2.45. The summed E-state index contributed by atoms with van der Waals surface area (Å²) in [7, 11) is 0. The van der Waals surface area contributed by atoms with Gasteiger partial charge in [0.25, 0.3) is 0 Å². The van der Waals surface area contributed by atoms with Crippen LogP contribution in [0.15, 0.2) is 0 Å². The van der Waals surface area contributed by atoms with Crippen molar-refractivity contribution in [3.8, 4) is 0 Å². The van der Waals surface area contributed by atoms with Gasteiger partial charge >= 0.3 is 60.8 Å². The molecule has 0 saturated heterocycles. The summed E-state index contributed by atoms with van der Waals surface area (Å²) in [6, 6.07) is 0. The van der Waals surface area contributed by atoms with Crippen molar-refractivity contribution in [2.75, 3.05) is 0 Å². The van der Waals surface area contributed by atoms with Gasteiger partial charge in [0.15, 0.2) is 5.41 Å². The molecule has 4 nitrogen and oxygen atoms in total. The molecular weight excluding hydrogens is 381 g/mol. The van der Waals surface area contributed by atoms with E-state index in [1.165, 1.54) is 19.3 Å². The summed E-state index contributed by atoms with van der Waals surface area (Å²) in [5.41, 5.74) is -1.62. The Bertz CT molecular complexity index is 276. The van der Waals surface area contributed by atoms with Gasteiger partial charge in [0, 0.05) is 0 Å². The number of carboxylic acid groups (broad SMARTS) is 2. The van der Waals surface area contributed by atoms with Crippen LogP contribution in [0.2, 0.25) is 0 Å². The van der Waals surface area contributed by atoms with Gasteiger partial charge in [-0.15, -0.1) is 0 Å². The van der Waals surface area contributed by atoms with Crippen molar-refractivity contribution in [1.29, 1.82) is 0 Å². The fourth-order valence-corrected chi connectivity index (χ4v) is 2.45. The third-order valence-electron chi connectivity index (χ3n) is 3.92. The zero-order valence-corrected chi connectivity index (χ0v) is 12.4. The van der Waals surface area contributed by atoms with E-state index in [1.54, 1.807) is 13.8 Å².